The van der Waals surface area contributed by atoms with Crippen molar-refractivity contribution in [1.82, 2.24) is 0 Å². The number of allylic oxidation sites excluding steroid dienone is 2. The zero-order chi connectivity index (χ0) is 34.9. The van der Waals surface area contributed by atoms with Gasteiger partial charge in [0, 0.05) is 10.0 Å². The third kappa shape index (κ3) is 4.22. The number of ether oxygens (including phenoxy) is 1. The Morgan fingerprint density at radius 1 is 0.620 bits per heavy atom. The average Bonchev–Trinajstić information content (AvgIpc) is 3.65. The van der Waals surface area contributed by atoms with E-state index in [4.69, 9.17) is 39.5 Å². The molecule has 5 aromatic carbocycles. The second-order valence-electron chi connectivity index (χ2n) is 12.6. The molecule has 246 valence electrons. The number of methoxy groups -OCH3 is 1. The van der Waals surface area contributed by atoms with Gasteiger partial charge in [-0.05, 0) is 75.9 Å². The van der Waals surface area contributed by atoms with Gasteiger partial charge in [0.2, 0.25) is 11.8 Å². The van der Waals surface area contributed by atoms with E-state index < -0.39 is 40.4 Å². The van der Waals surface area contributed by atoms with Gasteiger partial charge in [0.1, 0.15) is 0 Å². The summed E-state index contributed by atoms with van der Waals surface area (Å²) in [6.07, 6.45) is 0. The molecule has 4 atom stereocenters. The third-order valence-electron chi connectivity index (χ3n) is 10.3. The molecule has 2 amide bonds. The van der Waals surface area contributed by atoms with Crippen molar-refractivity contribution < 1.29 is 23.9 Å². The van der Waals surface area contributed by atoms with E-state index in [0.29, 0.717) is 32.3 Å². The van der Waals surface area contributed by atoms with Crippen LogP contribution in [0.25, 0.3) is 11.1 Å². The maximum atomic E-state index is 16.0. The minimum Gasteiger partial charge on any atom is -0.465 e. The van der Waals surface area contributed by atoms with E-state index in [9.17, 15) is 4.79 Å². The highest BCUT2D eigenvalue weighted by Gasteiger charge is 2.82. The van der Waals surface area contributed by atoms with Gasteiger partial charge < -0.3 is 4.74 Å². The number of hydrogen-bond donors (Lipinski definition) is 0. The van der Waals surface area contributed by atoms with Crippen LogP contribution in [0.3, 0.4) is 0 Å². The predicted octanol–water partition coefficient (Wildman–Crippen LogP) is 8.62. The quantitative estimate of drug-likeness (QED) is 0.130. The summed E-state index contributed by atoms with van der Waals surface area (Å²) in [5.41, 5.74) is 0.728. The molecule has 8 rings (SSSR count). The SMILES string of the molecule is COC(=O)c1cc(N2C(=O)[C@H]3[C@H](C2=O)[C@@]2(c4ccc(Cl)cc4)C(=O)[C@@]3(c3ccc(Cl)cc3)C(c3ccccc3)=C2c2ccccc2)ccc1Cl. The zero-order valence-corrected chi connectivity index (χ0v) is 28.7. The largest absolute Gasteiger partial charge is 0.465 e. The molecule has 50 heavy (non-hydrogen) atoms. The van der Waals surface area contributed by atoms with Gasteiger partial charge in [0.25, 0.3) is 0 Å². The van der Waals surface area contributed by atoms with Gasteiger partial charge in [-0.3, -0.25) is 14.4 Å². The Bertz CT molecular complexity index is 2140. The first kappa shape index (κ1) is 32.2. The first-order chi connectivity index (χ1) is 24.2. The monoisotopic (exact) mass is 717 g/mol. The Hall–Kier alpha value is -5.01. The van der Waals surface area contributed by atoms with E-state index in [1.54, 1.807) is 48.5 Å². The molecule has 1 heterocycles. The highest BCUT2D eigenvalue weighted by atomic mass is 35.5. The molecule has 2 aliphatic carbocycles. The number of nitrogens with zero attached hydrogens (tertiary/aromatic N) is 1. The van der Waals surface area contributed by atoms with Crippen molar-refractivity contribution >= 4 is 75.2 Å². The first-order valence-electron chi connectivity index (χ1n) is 15.9. The minimum atomic E-state index is -1.62. The summed E-state index contributed by atoms with van der Waals surface area (Å²) in [7, 11) is 1.22. The summed E-state index contributed by atoms with van der Waals surface area (Å²) in [4.78, 5) is 60.2. The van der Waals surface area contributed by atoms with E-state index >= 15 is 14.4 Å². The fourth-order valence-electron chi connectivity index (χ4n) is 8.53. The molecule has 2 fully saturated rings. The number of fused-ring (bicyclic) bond motifs is 5. The number of esters is 1. The average molecular weight is 719 g/mol. The number of carbonyl (C=O) groups is 4. The van der Waals surface area contributed by atoms with Crippen molar-refractivity contribution in [2.75, 3.05) is 12.0 Å². The maximum Gasteiger partial charge on any atom is 0.339 e. The summed E-state index contributed by atoms with van der Waals surface area (Å²) < 4.78 is 4.93. The van der Waals surface area contributed by atoms with Crippen LogP contribution in [0, 0.1) is 11.8 Å². The number of amides is 2. The lowest BCUT2D eigenvalue weighted by Crippen LogP contribution is -2.45. The number of imide groups is 1. The topological polar surface area (TPSA) is 80.8 Å². The highest BCUT2D eigenvalue weighted by molar-refractivity contribution is 6.39. The van der Waals surface area contributed by atoms with Crippen LogP contribution in [0.4, 0.5) is 5.69 Å². The van der Waals surface area contributed by atoms with E-state index in [1.807, 2.05) is 60.7 Å². The molecule has 1 saturated carbocycles. The van der Waals surface area contributed by atoms with Crippen LogP contribution < -0.4 is 4.90 Å². The molecular weight excluding hydrogens is 693 g/mol. The van der Waals surface area contributed by atoms with Crippen LogP contribution in [0.1, 0.15) is 32.6 Å². The number of hydrogen-bond acceptors (Lipinski definition) is 5. The van der Waals surface area contributed by atoms with Crippen LogP contribution in [0.5, 0.6) is 0 Å². The molecular formula is C41H26Cl3NO5. The van der Waals surface area contributed by atoms with Crippen LogP contribution in [0.15, 0.2) is 127 Å². The van der Waals surface area contributed by atoms with Gasteiger partial charge in [-0.15, -0.1) is 0 Å². The number of rotatable bonds is 6. The number of carbonyl (C=O) groups excluding carboxylic acids is 4. The van der Waals surface area contributed by atoms with Crippen molar-refractivity contribution in [3.8, 4) is 0 Å². The summed E-state index contributed by atoms with van der Waals surface area (Å²) in [6, 6.07) is 37.2. The maximum absolute atomic E-state index is 16.0. The lowest BCUT2D eigenvalue weighted by atomic mass is 9.59. The van der Waals surface area contributed by atoms with E-state index in [0.717, 1.165) is 16.0 Å². The Kier molecular flexibility index (Phi) is 7.60. The van der Waals surface area contributed by atoms with Gasteiger partial charge in [0.15, 0.2) is 5.78 Å². The van der Waals surface area contributed by atoms with E-state index in [2.05, 4.69) is 0 Å². The molecule has 0 spiro atoms. The standard InChI is InChI=1S/C41H26Cl3NO5/c1-50-38(48)30-22-29(20-21-31(30)44)45-36(46)34-35(37(45)47)41(26-14-18-28(43)19-15-26)33(24-10-6-3-7-11-24)32(23-8-4-2-5-9-23)40(34,39(41)49)25-12-16-27(42)17-13-25/h2-22,34-35H,1H3/t34-,35-,40+,41+/m1/s1. The van der Waals surface area contributed by atoms with Crippen molar-refractivity contribution in [3.05, 3.63) is 170 Å². The second kappa shape index (κ2) is 11.8. The van der Waals surface area contributed by atoms with E-state index in [-0.39, 0.29) is 22.1 Å². The fourth-order valence-corrected chi connectivity index (χ4v) is 8.98. The number of Topliss-reactive ketones (excluding diaryl/α,β-unsaturated/α-hetero) is 1. The van der Waals surface area contributed by atoms with Crippen molar-refractivity contribution in [3.63, 3.8) is 0 Å². The van der Waals surface area contributed by atoms with Crippen LogP contribution in [-0.2, 0) is 30.0 Å². The van der Waals surface area contributed by atoms with Crippen LogP contribution >= 0.6 is 34.8 Å². The van der Waals surface area contributed by atoms with Gasteiger partial charge >= 0.3 is 5.97 Å². The zero-order valence-electron chi connectivity index (χ0n) is 26.4. The first-order valence-corrected chi connectivity index (χ1v) is 17.0. The summed E-state index contributed by atoms with van der Waals surface area (Å²) in [5.74, 6) is -4.48. The molecule has 2 bridgehead atoms. The predicted molar refractivity (Wildman–Crippen MR) is 193 cm³/mol. The molecule has 0 aromatic heterocycles. The number of anilines is 1. The third-order valence-corrected chi connectivity index (χ3v) is 11.2. The van der Waals surface area contributed by atoms with Crippen LogP contribution in [0.2, 0.25) is 15.1 Å². The van der Waals surface area contributed by atoms with Gasteiger partial charge in [-0.2, -0.15) is 0 Å². The van der Waals surface area contributed by atoms with Gasteiger partial charge in [-0.25, -0.2) is 9.69 Å². The smallest absolute Gasteiger partial charge is 0.339 e. The second-order valence-corrected chi connectivity index (χ2v) is 13.8. The van der Waals surface area contributed by atoms with Crippen LogP contribution in [-0.4, -0.2) is 30.7 Å². The fraction of sp³-hybridized carbons (Fsp3) is 0.122. The normalized spacial score (nSPS) is 23.8. The Morgan fingerprint density at radius 3 is 1.48 bits per heavy atom. The van der Waals surface area contributed by atoms with Crippen molar-refractivity contribution in [2.45, 2.75) is 10.8 Å². The molecule has 0 N–H and O–H groups in total. The van der Waals surface area contributed by atoms with Gasteiger partial charge in [-0.1, -0.05) is 120 Å². The Balaban J connectivity index is 1.52. The Morgan fingerprint density at radius 2 is 1.06 bits per heavy atom. The van der Waals surface area contributed by atoms with Crippen molar-refractivity contribution in [2.24, 2.45) is 11.8 Å². The molecule has 1 saturated heterocycles. The van der Waals surface area contributed by atoms with E-state index in [1.165, 1.54) is 25.3 Å². The van der Waals surface area contributed by atoms with Crippen molar-refractivity contribution in [1.29, 1.82) is 0 Å². The molecule has 6 nitrogen and oxygen atoms in total. The molecule has 0 radical (unpaired) electrons. The minimum absolute atomic E-state index is 0.00345. The Labute approximate surface area is 302 Å². The lowest BCUT2D eigenvalue weighted by Gasteiger charge is -2.39. The summed E-state index contributed by atoms with van der Waals surface area (Å²) in [6.45, 7) is 0. The molecule has 3 aliphatic rings. The molecule has 0 unspecified atom stereocenters. The highest BCUT2D eigenvalue weighted by Crippen LogP contribution is 2.74. The number of halogens is 3. The molecule has 5 aromatic rings. The summed E-state index contributed by atoms with van der Waals surface area (Å²) in [5, 5.41) is 1.01. The summed E-state index contributed by atoms with van der Waals surface area (Å²) >= 11 is 19.2. The number of benzene rings is 5. The lowest BCUT2D eigenvalue weighted by molar-refractivity contribution is -0.130. The number of ketones is 1. The van der Waals surface area contributed by atoms with Gasteiger partial charge in [0.05, 0.1) is 46.0 Å². The molecule has 1 aliphatic heterocycles. The molecule has 9 heteroatoms.